The molecule has 0 aliphatic heterocycles. The van der Waals surface area contributed by atoms with Gasteiger partial charge in [0.25, 0.3) is 0 Å². The van der Waals surface area contributed by atoms with Crippen molar-refractivity contribution in [3.8, 4) is 0 Å². The lowest BCUT2D eigenvalue weighted by Crippen LogP contribution is -2.29. The molecule has 3 N–H and O–H groups in total. The monoisotopic (exact) mass is 408 g/mol. The molecule has 9 heteroatoms. The van der Waals surface area contributed by atoms with Crippen LogP contribution >= 0.6 is 11.3 Å². The predicted molar refractivity (Wildman–Crippen MR) is 103 cm³/mol. The van der Waals surface area contributed by atoms with Crippen molar-refractivity contribution in [1.82, 2.24) is 10.3 Å². The van der Waals surface area contributed by atoms with Gasteiger partial charge in [0.15, 0.2) is 0 Å². The number of hydrogen-bond donors (Lipinski definition) is 3. The molecule has 8 nitrogen and oxygen atoms in total. The average Bonchev–Trinajstić information content (AvgIpc) is 3.08. The van der Waals surface area contributed by atoms with Crippen LogP contribution in [-0.4, -0.2) is 46.5 Å². The Morgan fingerprint density at radius 3 is 2.61 bits per heavy atom. The van der Waals surface area contributed by atoms with E-state index in [-0.39, 0.29) is 31.2 Å². The fourth-order valence-corrected chi connectivity index (χ4v) is 3.35. The second-order valence-corrected chi connectivity index (χ2v) is 7.01. The second kappa shape index (κ2) is 10.7. The van der Waals surface area contributed by atoms with Gasteiger partial charge < -0.3 is 25.0 Å². The first-order valence-corrected chi connectivity index (χ1v) is 9.69. The summed E-state index contributed by atoms with van der Waals surface area (Å²) < 4.78 is 10.0. The summed E-state index contributed by atoms with van der Waals surface area (Å²) in [6, 6.07) is 9.25. The number of carbonyl (C=O) groups is 2. The average molecular weight is 408 g/mol. The van der Waals surface area contributed by atoms with Crippen molar-refractivity contribution in [2.75, 3.05) is 13.2 Å². The van der Waals surface area contributed by atoms with Crippen molar-refractivity contribution in [1.29, 1.82) is 0 Å². The highest BCUT2D eigenvalue weighted by atomic mass is 32.1. The van der Waals surface area contributed by atoms with E-state index in [4.69, 9.17) is 9.47 Å². The Bertz CT molecular complexity index is 780. The lowest BCUT2D eigenvalue weighted by Gasteiger charge is -2.16. The highest BCUT2D eigenvalue weighted by Crippen LogP contribution is 2.27. The summed E-state index contributed by atoms with van der Waals surface area (Å²) in [5, 5.41) is 23.1. The molecule has 0 saturated heterocycles. The molecule has 1 amide bonds. The molecule has 2 rings (SSSR count). The number of alkyl carbamates (subject to hydrolysis) is 1. The van der Waals surface area contributed by atoms with E-state index >= 15 is 0 Å². The summed E-state index contributed by atoms with van der Waals surface area (Å²) in [6.45, 7) is 3.83. The minimum absolute atomic E-state index is 0.0922. The van der Waals surface area contributed by atoms with Gasteiger partial charge in [0.2, 0.25) is 0 Å². The highest BCUT2D eigenvalue weighted by molar-refractivity contribution is 7.13. The van der Waals surface area contributed by atoms with Crippen LogP contribution in [0.4, 0.5) is 4.79 Å². The van der Waals surface area contributed by atoms with Crippen molar-refractivity contribution < 1.29 is 29.3 Å². The minimum atomic E-state index is -1.27. The second-order valence-electron chi connectivity index (χ2n) is 5.98. The van der Waals surface area contributed by atoms with Crippen molar-refractivity contribution >= 4 is 23.4 Å². The molecule has 0 saturated carbocycles. The van der Waals surface area contributed by atoms with Crippen LogP contribution in [-0.2, 0) is 16.1 Å². The maximum absolute atomic E-state index is 11.8. The van der Waals surface area contributed by atoms with Gasteiger partial charge in [-0.25, -0.2) is 14.6 Å². The number of nitrogens with one attached hydrogen (secondary N) is 1. The lowest BCUT2D eigenvalue weighted by molar-refractivity contribution is 0.0134. The number of aryl methyl sites for hydroxylation is 1. The van der Waals surface area contributed by atoms with Crippen LogP contribution in [0, 0.1) is 6.92 Å². The Balaban J connectivity index is 1.77. The van der Waals surface area contributed by atoms with Crippen molar-refractivity contribution in [2.45, 2.75) is 39.1 Å². The highest BCUT2D eigenvalue weighted by Gasteiger charge is 2.25. The summed E-state index contributed by atoms with van der Waals surface area (Å²) in [4.78, 5) is 27.9. The Morgan fingerprint density at radius 2 is 1.93 bits per heavy atom. The molecule has 152 valence electrons. The van der Waals surface area contributed by atoms with Crippen LogP contribution in [0.5, 0.6) is 0 Å². The first-order chi connectivity index (χ1) is 13.4. The first kappa shape index (κ1) is 21.8. The molecule has 0 aliphatic rings. The van der Waals surface area contributed by atoms with E-state index in [1.807, 2.05) is 30.3 Å². The van der Waals surface area contributed by atoms with Gasteiger partial charge in [-0.1, -0.05) is 30.3 Å². The molecule has 0 bridgehead atoms. The van der Waals surface area contributed by atoms with E-state index < -0.39 is 24.3 Å². The van der Waals surface area contributed by atoms with E-state index in [0.717, 1.165) is 16.9 Å². The van der Waals surface area contributed by atoms with Gasteiger partial charge in [-0.3, -0.25) is 0 Å². The first-order valence-electron chi connectivity index (χ1n) is 8.87. The van der Waals surface area contributed by atoms with Crippen LogP contribution < -0.4 is 5.32 Å². The predicted octanol–water partition coefficient (Wildman–Crippen LogP) is 2.34. The van der Waals surface area contributed by atoms with Gasteiger partial charge >= 0.3 is 12.1 Å². The van der Waals surface area contributed by atoms with Gasteiger partial charge in [-0.2, -0.15) is 0 Å². The Hall–Kier alpha value is -2.49. The normalized spacial score (nSPS) is 12.9. The molecular formula is C19H24N2O6S. The number of hydrogen-bond acceptors (Lipinski definition) is 8. The fraction of sp³-hybridized carbons (Fsp3) is 0.421. The molecule has 2 aromatic rings. The van der Waals surface area contributed by atoms with E-state index in [9.17, 15) is 19.8 Å². The van der Waals surface area contributed by atoms with Gasteiger partial charge in [-0.05, 0) is 25.8 Å². The number of esters is 1. The minimum Gasteiger partial charge on any atom is -0.462 e. The lowest BCUT2D eigenvalue weighted by atomic mass is 10.1. The largest absolute Gasteiger partial charge is 0.462 e. The number of aromatic nitrogens is 1. The number of thiazole rings is 1. The zero-order valence-electron chi connectivity index (χ0n) is 15.8. The number of amides is 1. The van der Waals surface area contributed by atoms with Crippen LogP contribution in [0.2, 0.25) is 0 Å². The zero-order chi connectivity index (χ0) is 20.5. The number of carbonyl (C=O) groups excluding carboxylic acids is 2. The van der Waals surface area contributed by atoms with Crippen LogP contribution in [0.15, 0.2) is 30.3 Å². The Morgan fingerprint density at radius 1 is 1.21 bits per heavy atom. The summed E-state index contributed by atoms with van der Waals surface area (Å²) in [5.74, 6) is -0.506. The number of rotatable bonds is 9. The number of aliphatic hydroxyl groups is 2. The molecular weight excluding hydrogens is 384 g/mol. The fourth-order valence-electron chi connectivity index (χ4n) is 2.35. The van der Waals surface area contributed by atoms with Gasteiger partial charge in [-0.15, -0.1) is 11.3 Å². The van der Waals surface area contributed by atoms with Crippen LogP contribution in [0.25, 0.3) is 0 Å². The molecule has 0 fully saturated rings. The van der Waals surface area contributed by atoms with Gasteiger partial charge in [0.1, 0.15) is 22.6 Å². The molecule has 1 aromatic carbocycles. The SMILES string of the molecule is CCOC(=O)c1sc(C(O)C(O)CCNC(=O)OCc2ccccc2)nc1C. The third kappa shape index (κ3) is 6.29. The maximum Gasteiger partial charge on any atom is 0.407 e. The number of benzene rings is 1. The van der Waals surface area contributed by atoms with E-state index in [1.165, 1.54) is 0 Å². The quantitative estimate of drug-likeness (QED) is 0.545. The molecule has 0 spiro atoms. The third-order valence-electron chi connectivity index (χ3n) is 3.81. The molecule has 1 heterocycles. The van der Waals surface area contributed by atoms with Crippen molar-refractivity contribution in [3.63, 3.8) is 0 Å². The number of nitrogens with zero attached hydrogens (tertiary/aromatic N) is 1. The van der Waals surface area contributed by atoms with E-state index in [0.29, 0.717) is 10.6 Å². The number of aliphatic hydroxyl groups excluding tert-OH is 2. The van der Waals surface area contributed by atoms with Crippen LogP contribution in [0.1, 0.15) is 45.4 Å². The van der Waals surface area contributed by atoms with E-state index in [1.54, 1.807) is 13.8 Å². The summed E-state index contributed by atoms with van der Waals surface area (Å²) >= 11 is 0.982. The molecule has 0 radical (unpaired) electrons. The Labute approximate surface area is 167 Å². The summed E-state index contributed by atoms with van der Waals surface area (Å²) in [6.07, 6.45) is -2.95. The standard InChI is InChI=1S/C19H24N2O6S/c1-3-26-18(24)16-12(2)21-17(28-16)15(23)14(22)9-10-20-19(25)27-11-13-7-5-4-6-8-13/h4-8,14-15,22-23H,3,9-11H2,1-2H3,(H,20,25). The molecule has 2 unspecified atom stereocenters. The summed E-state index contributed by atoms with van der Waals surface area (Å²) in [7, 11) is 0. The maximum atomic E-state index is 11.8. The smallest absolute Gasteiger partial charge is 0.407 e. The van der Waals surface area contributed by atoms with Gasteiger partial charge in [0.05, 0.1) is 18.4 Å². The molecule has 2 atom stereocenters. The van der Waals surface area contributed by atoms with Crippen molar-refractivity contribution in [2.24, 2.45) is 0 Å². The molecule has 28 heavy (non-hydrogen) atoms. The number of ether oxygens (including phenoxy) is 2. The Kier molecular flexibility index (Phi) is 8.37. The zero-order valence-corrected chi connectivity index (χ0v) is 16.6. The molecule has 1 aromatic heterocycles. The van der Waals surface area contributed by atoms with Crippen LogP contribution in [0.3, 0.4) is 0 Å². The molecule has 0 aliphatic carbocycles. The topological polar surface area (TPSA) is 118 Å². The van der Waals surface area contributed by atoms with E-state index in [2.05, 4.69) is 10.3 Å². The summed E-state index contributed by atoms with van der Waals surface area (Å²) in [5.41, 5.74) is 1.30. The van der Waals surface area contributed by atoms with Crippen molar-refractivity contribution in [3.05, 3.63) is 51.5 Å². The third-order valence-corrected chi connectivity index (χ3v) is 5.02. The van der Waals surface area contributed by atoms with Gasteiger partial charge in [0, 0.05) is 6.54 Å².